The van der Waals surface area contributed by atoms with Crippen LogP contribution in [0, 0.1) is 0 Å². The number of nitrogens with zero attached hydrogens (tertiary/aromatic N) is 1. The van der Waals surface area contributed by atoms with Crippen LogP contribution >= 0.6 is 0 Å². The molecule has 0 spiro atoms. The molecule has 1 unspecified atom stereocenters. The number of nitrogens with two attached hydrogens (primary N) is 2. The zero-order valence-corrected chi connectivity index (χ0v) is 10.0. The summed E-state index contributed by atoms with van der Waals surface area (Å²) in [5.41, 5.74) is 10.2. The van der Waals surface area contributed by atoms with Crippen molar-refractivity contribution in [3.05, 3.63) is 0 Å². The second kappa shape index (κ2) is 8.06. The van der Waals surface area contributed by atoms with E-state index in [4.69, 9.17) is 11.5 Å². The van der Waals surface area contributed by atoms with Gasteiger partial charge in [-0.2, -0.15) is 0 Å². The largest absolute Gasteiger partial charge is 0.351 e. The van der Waals surface area contributed by atoms with Gasteiger partial charge in [-0.25, -0.2) is 4.79 Å². The molecule has 0 heterocycles. The molecule has 0 rings (SSSR count). The van der Waals surface area contributed by atoms with Gasteiger partial charge in [-0.1, -0.05) is 6.42 Å². The molecule has 0 saturated carbocycles. The van der Waals surface area contributed by atoms with Crippen LogP contribution in [0.2, 0.25) is 0 Å². The molecule has 0 aliphatic rings. The van der Waals surface area contributed by atoms with Gasteiger partial charge in [-0.3, -0.25) is 15.0 Å². The van der Waals surface area contributed by atoms with Gasteiger partial charge in [0.1, 0.15) is 0 Å². The molecule has 0 radical (unpaired) electrons. The van der Waals surface area contributed by atoms with Crippen molar-refractivity contribution >= 4 is 11.9 Å². The van der Waals surface area contributed by atoms with E-state index in [2.05, 4.69) is 5.32 Å². The molecule has 16 heavy (non-hydrogen) atoms. The standard InChI is InChI=1S/C10H22N4O2/c1-8(9(15)13-10(12)16)14(2)7-5-3-4-6-11/h8H,3-7,11H2,1-2H3,(H3,12,13,15,16). The molecule has 0 aliphatic carbocycles. The van der Waals surface area contributed by atoms with Crippen LogP contribution in [0.5, 0.6) is 0 Å². The van der Waals surface area contributed by atoms with Crippen molar-refractivity contribution in [1.82, 2.24) is 10.2 Å². The fourth-order valence-corrected chi connectivity index (χ4v) is 1.30. The zero-order valence-electron chi connectivity index (χ0n) is 10.0. The summed E-state index contributed by atoms with van der Waals surface area (Å²) in [6, 6.07) is -1.17. The topological polar surface area (TPSA) is 101 Å². The summed E-state index contributed by atoms with van der Waals surface area (Å²) in [6.45, 7) is 3.23. The van der Waals surface area contributed by atoms with E-state index < -0.39 is 6.03 Å². The highest BCUT2D eigenvalue weighted by atomic mass is 16.2. The predicted octanol–water partition coefficient (Wildman–Crippen LogP) is -0.369. The summed E-state index contributed by atoms with van der Waals surface area (Å²) in [7, 11) is 1.84. The fraction of sp³-hybridized carbons (Fsp3) is 0.800. The van der Waals surface area contributed by atoms with Crippen LogP contribution in [-0.2, 0) is 4.79 Å². The van der Waals surface area contributed by atoms with Gasteiger partial charge in [0.2, 0.25) is 5.91 Å². The van der Waals surface area contributed by atoms with Crippen molar-refractivity contribution in [1.29, 1.82) is 0 Å². The Hall–Kier alpha value is -1.14. The van der Waals surface area contributed by atoms with Gasteiger partial charge in [0.25, 0.3) is 0 Å². The van der Waals surface area contributed by atoms with E-state index >= 15 is 0 Å². The molecule has 0 aromatic carbocycles. The van der Waals surface area contributed by atoms with E-state index in [1.807, 2.05) is 11.9 Å². The molecule has 6 heteroatoms. The van der Waals surface area contributed by atoms with E-state index in [0.717, 1.165) is 25.8 Å². The Bertz CT molecular complexity index is 233. The lowest BCUT2D eigenvalue weighted by Gasteiger charge is -2.22. The van der Waals surface area contributed by atoms with E-state index in [0.29, 0.717) is 6.54 Å². The molecule has 0 fully saturated rings. The Morgan fingerprint density at radius 1 is 1.31 bits per heavy atom. The number of carbonyl (C=O) groups excluding carboxylic acids is 2. The van der Waals surface area contributed by atoms with Gasteiger partial charge in [0.15, 0.2) is 0 Å². The van der Waals surface area contributed by atoms with Gasteiger partial charge in [0, 0.05) is 0 Å². The molecule has 6 nitrogen and oxygen atoms in total. The van der Waals surface area contributed by atoms with Crippen molar-refractivity contribution < 1.29 is 9.59 Å². The minimum absolute atomic E-state index is 0.356. The lowest BCUT2D eigenvalue weighted by Crippen LogP contribution is -2.47. The fourth-order valence-electron chi connectivity index (χ4n) is 1.30. The van der Waals surface area contributed by atoms with Crippen molar-refractivity contribution in [2.45, 2.75) is 32.2 Å². The van der Waals surface area contributed by atoms with Gasteiger partial charge in [0.05, 0.1) is 6.04 Å². The molecule has 0 saturated heterocycles. The number of carbonyl (C=O) groups is 2. The minimum Gasteiger partial charge on any atom is -0.351 e. The average Bonchev–Trinajstić information content (AvgIpc) is 2.22. The summed E-state index contributed by atoms with van der Waals surface area (Å²) >= 11 is 0. The number of rotatable bonds is 7. The SMILES string of the molecule is CC(C(=O)NC(N)=O)N(C)CCCCCN. The molecular formula is C10H22N4O2. The van der Waals surface area contributed by atoms with Crippen LogP contribution in [0.1, 0.15) is 26.2 Å². The van der Waals surface area contributed by atoms with Crippen LogP contribution in [0.25, 0.3) is 0 Å². The third-order valence-corrected chi connectivity index (χ3v) is 2.50. The average molecular weight is 230 g/mol. The quantitative estimate of drug-likeness (QED) is 0.519. The van der Waals surface area contributed by atoms with Gasteiger partial charge >= 0.3 is 6.03 Å². The molecule has 0 bridgehead atoms. The predicted molar refractivity (Wildman–Crippen MR) is 62.7 cm³/mol. The van der Waals surface area contributed by atoms with Gasteiger partial charge in [-0.05, 0) is 39.9 Å². The summed E-state index contributed by atoms with van der Waals surface area (Å²) in [5.74, 6) is -0.367. The smallest absolute Gasteiger partial charge is 0.318 e. The van der Waals surface area contributed by atoms with Gasteiger partial charge < -0.3 is 11.5 Å². The molecule has 3 amide bonds. The summed E-state index contributed by atoms with van der Waals surface area (Å²) < 4.78 is 0. The monoisotopic (exact) mass is 230 g/mol. The Kier molecular flexibility index (Phi) is 7.49. The van der Waals surface area contributed by atoms with E-state index in [1.54, 1.807) is 6.92 Å². The first-order valence-corrected chi connectivity index (χ1v) is 5.49. The van der Waals surface area contributed by atoms with E-state index in [1.165, 1.54) is 0 Å². The van der Waals surface area contributed by atoms with E-state index in [-0.39, 0.29) is 11.9 Å². The second-order valence-electron chi connectivity index (χ2n) is 3.86. The number of hydrogen-bond acceptors (Lipinski definition) is 4. The first kappa shape index (κ1) is 14.9. The number of primary amides is 1. The highest BCUT2D eigenvalue weighted by Gasteiger charge is 2.18. The Labute approximate surface area is 96.3 Å². The number of urea groups is 1. The first-order valence-electron chi connectivity index (χ1n) is 5.49. The number of likely N-dealkylation sites (N-methyl/N-ethyl adjacent to an activating group) is 1. The zero-order chi connectivity index (χ0) is 12.6. The Morgan fingerprint density at radius 2 is 1.94 bits per heavy atom. The van der Waals surface area contributed by atoms with Crippen LogP contribution in [0.15, 0.2) is 0 Å². The van der Waals surface area contributed by atoms with Crippen LogP contribution in [0.3, 0.4) is 0 Å². The maximum atomic E-state index is 11.4. The summed E-state index contributed by atoms with van der Waals surface area (Å²) in [6.07, 6.45) is 3.03. The third kappa shape index (κ3) is 6.36. The lowest BCUT2D eigenvalue weighted by atomic mass is 10.2. The second-order valence-corrected chi connectivity index (χ2v) is 3.86. The highest BCUT2D eigenvalue weighted by molar-refractivity contribution is 5.96. The number of amides is 3. The molecule has 94 valence electrons. The maximum Gasteiger partial charge on any atom is 0.318 e. The number of unbranched alkanes of at least 4 members (excludes halogenated alkanes) is 2. The van der Waals surface area contributed by atoms with E-state index in [9.17, 15) is 9.59 Å². The molecular weight excluding hydrogens is 208 g/mol. The van der Waals surface area contributed by atoms with Crippen molar-refractivity contribution in [3.63, 3.8) is 0 Å². The van der Waals surface area contributed by atoms with Crippen molar-refractivity contribution in [2.75, 3.05) is 20.1 Å². The molecule has 0 aromatic rings. The number of nitrogens with one attached hydrogen (secondary N) is 1. The Balaban J connectivity index is 3.83. The summed E-state index contributed by atoms with van der Waals surface area (Å²) in [5, 5.41) is 2.06. The van der Waals surface area contributed by atoms with Crippen molar-refractivity contribution in [2.24, 2.45) is 11.5 Å². The third-order valence-electron chi connectivity index (χ3n) is 2.50. The lowest BCUT2D eigenvalue weighted by molar-refractivity contribution is -0.124. The normalized spacial score (nSPS) is 12.5. The molecule has 0 aliphatic heterocycles. The minimum atomic E-state index is -0.812. The number of hydrogen-bond donors (Lipinski definition) is 3. The number of imide groups is 1. The van der Waals surface area contributed by atoms with Crippen LogP contribution in [-0.4, -0.2) is 43.0 Å². The van der Waals surface area contributed by atoms with Crippen LogP contribution < -0.4 is 16.8 Å². The molecule has 5 N–H and O–H groups in total. The molecule has 0 aromatic heterocycles. The first-order chi connectivity index (χ1) is 7.49. The van der Waals surface area contributed by atoms with Crippen LogP contribution in [0.4, 0.5) is 4.79 Å². The molecule has 1 atom stereocenters. The Morgan fingerprint density at radius 3 is 2.44 bits per heavy atom. The van der Waals surface area contributed by atoms with Crippen molar-refractivity contribution in [3.8, 4) is 0 Å². The van der Waals surface area contributed by atoms with Gasteiger partial charge in [-0.15, -0.1) is 0 Å². The summed E-state index contributed by atoms with van der Waals surface area (Å²) in [4.78, 5) is 23.8. The maximum absolute atomic E-state index is 11.4. The highest BCUT2D eigenvalue weighted by Crippen LogP contribution is 2.00.